The van der Waals surface area contributed by atoms with Crippen LogP contribution in [0.3, 0.4) is 0 Å². The third kappa shape index (κ3) is 1.38. The van der Waals surface area contributed by atoms with Crippen molar-refractivity contribution in [1.82, 2.24) is 15.2 Å². The molecule has 0 radical (unpaired) electrons. The van der Waals surface area contributed by atoms with E-state index in [1.165, 1.54) is 6.33 Å². The summed E-state index contributed by atoms with van der Waals surface area (Å²) < 4.78 is 10.6. The molecule has 0 unspecified atom stereocenters. The van der Waals surface area contributed by atoms with Crippen LogP contribution in [0.25, 0.3) is 22.9 Å². The summed E-state index contributed by atoms with van der Waals surface area (Å²) in [7, 11) is 0. The number of hydrogen-bond acceptors (Lipinski definition) is 5. The Morgan fingerprint density at radius 3 is 2.19 bits per heavy atom. The van der Waals surface area contributed by atoms with Crippen LogP contribution >= 0.6 is 0 Å². The van der Waals surface area contributed by atoms with E-state index in [4.69, 9.17) is 8.83 Å². The van der Waals surface area contributed by atoms with E-state index in [0.29, 0.717) is 22.9 Å². The molecule has 5 heteroatoms. The molecule has 78 valence electrons. The van der Waals surface area contributed by atoms with Crippen molar-refractivity contribution in [3.05, 3.63) is 43.1 Å². The highest BCUT2D eigenvalue weighted by molar-refractivity contribution is 5.71. The molecule has 3 heterocycles. The molecule has 0 aliphatic rings. The Hall–Kier alpha value is -2.43. The molecular weight excluding hydrogens is 206 g/mol. The lowest BCUT2D eigenvalue weighted by Gasteiger charge is -2.00. The van der Waals surface area contributed by atoms with E-state index >= 15 is 0 Å². The number of furan rings is 2. The predicted molar refractivity (Wildman–Crippen MR) is 55.2 cm³/mol. The number of rotatable bonds is 2. The molecule has 0 aliphatic heterocycles. The Bertz CT molecular complexity index is 520. The van der Waals surface area contributed by atoms with Gasteiger partial charge in [-0.2, -0.15) is 0 Å². The van der Waals surface area contributed by atoms with Crippen LogP contribution in [0.4, 0.5) is 0 Å². The van der Waals surface area contributed by atoms with E-state index in [2.05, 4.69) is 15.2 Å². The zero-order valence-corrected chi connectivity index (χ0v) is 8.20. The van der Waals surface area contributed by atoms with Gasteiger partial charge in [0.1, 0.15) is 12.0 Å². The summed E-state index contributed by atoms with van der Waals surface area (Å²) in [6, 6.07) is 7.20. The maximum Gasteiger partial charge on any atom is 0.158 e. The molecule has 0 aromatic carbocycles. The van der Waals surface area contributed by atoms with Crippen molar-refractivity contribution in [3.63, 3.8) is 0 Å². The van der Waals surface area contributed by atoms with E-state index in [-0.39, 0.29) is 0 Å². The number of nitrogens with zero attached hydrogens (tertiary/aromatic N) is 3. The van der Waals surface area contributed by atoms with Gasteiger partial charge in [-0.3, -0.25) is 0 Å². The normalized spacial score (nSPS) is 10.5. The Morgan fingerprint density at radius 2 is 1.56 bits per heavy atom. The van der Waals surface area contributed by atoms with Crippen molar-refractivity contribution >= 4 is 0 Å². The second-order valence-electron chi connectivity index (χ2n) is 3.11. The Morgan fingerprint density at radius 1 is 0.875 bits per heavy atom. The van der Waals surface area contributed by atoms with Crippen LogP contribution in [0.15, 0.2) is 52.0 Å². The number of hydrogen-bond donors (Lipinski definition) is 0. The minimum Gasteiger partial charge on any atom is -0.463 e. The molecule has 3 aromatic rings. The largest absolute Gasteiger partial charge is 0.463 e. The van der Waals surface area contributed by atoms with Crippen LogP contribution in [-0.4, -0.2) is 15.2 Å². The first-order valence-electron chi connectivity index (χ1n) is 4.70. The molecule has 0 saturated heterocycles. The smallest absolute Gasteiger partial charge is 0.158 e. The fourth-order valence-electron chi connectivity index (χ4n) is 1.45. The van der Waals surface area contributed by atoms with Gasteiger partial charge in [0.2, 0.25) is 0 Å². The van der Waals surface area contributed by atoms with Gasteiger partial charge in [0.25, 0.3) is 0 Å². The molecule has 3 aromatic heterocycles. The van der Waals surface area contributed by atoms with E-state index in [1.807, 2.05) is 6.07 Å². The summed E-state index contributed by atoms with van der Waals surface area (Å²) in [4.78, 5) is 4.15. The minimum atomic E-state index is 0.572. The van der Waals surface area contributed by atoms with Gasteiger partial charge in [0.15, 0.2) is 17.2 Å². The molecule has 3 rings (SSSR count). The molecule has 0 bridgehead atoms. The molecule has 0 N–H and O–H groups in total. The molecular formula is C11H7N3O2. The van der Waals surface area contributed by atoms with Crippen molar-refractivity contribution in [2.75, 3.05) is 0 Å². The Balaban J connectivity index is 2.19. The van der Waals surface area contributed by atoms with Gasteiger partial charge >= 0.3 is 0 Å². The molecule has 0 fully saturated rings. The first kappa shape index (κ1) is 8.84. The molecule has 0 amide bonds. The van der Waals surface area contributed by atoms with Crippen LogP contribution < -0.4 is 0 Å². The van der Waals surface area contributed by atoms with Crippen molar-refractivity contribution < 1.29 is 8.83 Å². The highest BCUT2D eigenvalue weighted by Crippen LogP contribution is 2.27. The molecule has 5 nitrogen and oxygen atoms in total. The first-order chi connectivity index (χ1) is 7.95. The Labute approximate surface area is 90.8 Å². The zero-order chi connectivity index (χ0) is 10.8. The minimum absolute atomic E-state index is 0.572. The maximum atomic E-state index is 5.29. The van der Waals surface area contributed by atoms with Gasteiger partial charge in [0.05, 0.1) is 12.5 Å². The summed E-state index contributed by atoms with van der Waals surface area (Å²) in [5.41, 5.74) is 1.19. The van der Waals surface area contributed by atoms with Crippen molar-refractivity contribution in [1.29, 1.82) is 0 Å². The average molecular weight is 213 g/mol. The van der Waals surface area contributed by atoms with Crippen molar-refractivity contribution in [2.24, 2.45) is 0 Å². The molecule has 0 atom stereocenters. The summed E-state index contributed by atoms with van der Waals surface area (Å²) in [5, 5.41) is 7.76. The van der Waals surface area contributed by atoms with Gasteiger partial charge in [-0.25, -0.2) is 4.98 Å². The van der Waals surface area contributed by atoms with E-state index in [0.717, 1.165) is 0 Å². The third-order valence-corrected chi connectivity index (χ3v) is 2.13. The molecule has 0 aliphatic carbocycles. The van der Waals surface area contributed by atoms with Crippen LogP contribution in [-0.2, 0) is 0 Å². The predicted octanol–water partition coefficient (Wildman–Crippen LogP) is 2.39. The van der Waals surface area contributed by atoms with Crippen LogP contribution in [0.1, 0.15) is 0 Å². The van der Waals surface area contributed by atoms with Gasteiger partial charge in [0, 0.05) is 0 Å². The van der Waals surface area contributed by atoms with Crippen LogP contribution in [0.2, 0.25) is 0 Å². The second-order valence-corrected chi connectivity index (χ2v) is 3.11. The summed E-state index contributed by atoms with van der Waals surface area (Å²) in [6.45, 7) is 0. The fourth-order valence-corrected chi connectivity index (χ4v) is 1.45. The van der Waals surface area contributed by atoms with E-state index in [1.54, 1.807) is 30.7 Å². The summed E-state index contributed by atoms with van der Waals surface area (Å²) in [5.74, 6) is 1.26. The van der Waals surface area contributed by atoms with Crippen molar-refractivity contribution in [3.8, 4) is 22.9 Å². The Kier molecular flexibility index (Phi) is 2.00. The summed E-state index contributed by atoms with van der Waals surface area (Å²) in [6.07, 6.45) is 4.55. The first-order valence-corrected chi connectivity index (χ1v) is 4.70. The highest BCUT2D eigenvalue weighted by atomic mass is 16.3. The summed E-state index contributed by atoms with van der Waals surface area (Å²) >= 11 is 0. The standard InChI is InChI=1S/C11H7N3O2/c1-3-8(15-5-1)10-11(14-13-7-12-10)9-4-2-6-16-9/h1-7H. The lowest BCUT2D eigenvalue weighted by Crippen LogP contribution is -1.93. The van der Waals surface area contributed by atoms with Gasteiger partial charge < -0.3 is 8.83 Å². The van der Waals surface area contributed by atoms with Crippen molar-refractivity contribution in [2.45, 2.75) is 0 Å². The van der Waals surface area contributed by atoms with E-state index in [9.17, 15) is 0 Å². The van der Waals surface area contributed by atoms with Gasteiger partial charge in [-0.05, 0) is 24.3 Å². The monoisotopic (exact) mass is 213 g/mol. The second kappa shape index (κ2) is 3.62. The fraction of sp³-hybridized carbons (Fsp3) is 0. The van der Waals surface area contributed by atoms with Gasteiger partial charge in [-0.15, -0.1) is 10.2 Å². The topological polar surface area (TPSA) is 65.0 Å². The molecule has 16 heavy (non-hydrogen) atoms. The molecule has 0 saturated carbocycles. The highest BCUT2D eigenvalue weighted by Gasteiger charge is 2.14. The maximum absolute atomic E-state index is 5.29. The third-order valence-electron chi connectivity index (χ3n) is 2.13. The van der Waals surface area contributed by atoms with E-state index < -0.39 is 0 Å². The van der Waals surface area contributed by atoms with Crippen LogP contribution in [0, 0.1) is 0 Å². The zero-order valence-electron chi connectivity index (χ0n) is 8.20. The SMILES string of the molecule is c1coc(-c2ncnnc2-c2ccco2)c1. The lowest BCUT2D eigenvalue weighted by molar-refractivity contribution is 0.570. The quantitative estimate of drug-likeness (QED) is 0.653. The lowest BCUT2D eigenvalue weighted by atomic mass is 10.2. The molecule has 0 spiro atoms. The number of aromatic nitrogens is 3. The van der Waals surface area contributed by atoms with Gasteiger partial charge in [-0.1, -0.05) is 0 Å². The average Bonchev–Trinajstić information content (AvgIpc) is 3.03. The van der Waals surface area contributed by atoms with Crippen LogP contribution in [0.5, 0.6) is 0 Å².